The van der Waals surface area contributed by atoms with Crippen LogP contribution in [0.1, 0.15) is 11.1 Å². The first kappa shape index (κ1) is 17.8. The van der Waals surface area contributed by atoms with E-state index in [4.69, 9.17) is 11.6 Å². The molecule has 4 rings (SSSR count). The largest absolute Gasteiger partial charge is 0.325 e. The summed E-state index contributed by atoms with van der Waals surface area (Å²) in [7, 11) is -3.72. The van der Waals surface area contributed by atoms with Crippen LogP contribution in [0.5, 0.6) is 0 Å². The molecular formula is C21H16ClNO3S. The number of amides is 1. The number of rotatable bonds is 4. The third-order valence-electron chi connectivity index (χ3n) is 4.57. The summed E-state index contributed by atoms with van der Waals surface area (Å²) in [4.78, 5) is 12.3. The highest BCUT2D eigenvalue weighted by Crippen LogP contribution is 2.37. The number of sulfone groups is 1. The maximum absolute atomic E-state index is 12.4. The van der Waals surface area contributed by atoms with Crippen molar-refractivity contribution < 1.29 is 13.2 Å². The highest BCUT2D eigenvalue weighted by atomic mass is 35.5. The summed E-state index contributed by atoms with van der Waals surface area (Å²) in [6.45, 7) is 0. The SMILES string of the molecule is O=C(CS(=O)(=O)c1ccc(Cl)cc1)Nc1ccc2c(c1)Cc1ccccc1-2. The summed E-state index contributed by atoms with van der Waals surface area (Å²) in [5.74, 6) is -1.19. The molecule has 1 aliphatic rings. The van der Waals surface area contributed by atoms with Crippen molar-refractivity contribution in [2.45, 2.75) is 11.3 Å². The van der Waals surface area contributed by atoms with Crippen LogP contribution >= 0.6 is 11.6 Å². The number of hydrogen-bond acceptors (Lipinski definition) is 3. The second-order valence-corrected chi connectivity index (χ2v) is 8.89. The normalized spacial score (nSPS) is 12.3. The van der Waals surface area contributed by atoms with Crippen LogP contribution in [-0.2, 0) is 21.1 Å². The highest BCUT2D eigenvalue weighted by Gasteiger charge is 2.21. The summed E-state index contributed by atoms with van der Waals surface area (Å²) in [5.41, 5.74) is 5.32. The van der Waals surface area contributed by atoms with Crippen LogP contribution in [0.25, 0.3) is 11.1 Å². The van der Waals surface area contributed by atoms with Gasteiger partial charge >= 0.3 is 0 Å². The van der Waals surface area contributed by atoms with Crippen LogP contribution in [0.4, 0.5) is 5.69 Å². The topological polar surface area (TPSA) is 63.2 Å². The first-order valence-electron chi connectivity index (χ1n) is 8.42. The molecule has 0 atom stereocenters. The van der Waals surface area contributed by atoms with Gasteiger partial charge in [0, 0.05) is 10.7 Å². The van der Waals surface area contributed by atoms with Crippen LogP contribution < -0.4 is 5.32 Å². The molecule has 3 aromatic carbocycles. The lowest BCUT2D eigenvalue weighted by Gasteiger charge is -2.09. The molecule has 1 amide bonds. The molecule has 0 saturated carbocycles. The van der Waals surface area contributed by atoms with Crippen LogP contribution in [-0.4, -0.2) is 20.1 Å². The Kier molecular flexibility index (Phi) is 4.50. The fraction of sp³-hybridized carbons (Fsp3) is 0.0952. The Labute approximate surface area is 162 Å². The first-order chi connectivity index (χ1) is 12.9. The van der Waals surface area contributed by atoms with Gasteiger partial charge in [0.15, 0.2) is 9.84 Å². The zero-order valence-corrected chi connectivity index (χ0v) is 15.8. The maximum atomic E-state index is 12.4. The molecule has 0 spiro atoms. The predicted molar refractivity (Wildman–Crippen MR) is 107 cm³/mol. The molecule has 0 unspecified atom stereocenters. The minimum Gasteiger partial charge on any atom is -0.325 e. The molecule has 27 heavy (non-hydrogen) atoms. The van der Waals surface area contributed by atoms with Gasteiger partial charge in [-0.3, -0.25) is 4.79 Å². The summed E-state index contributed by atoms with van der Waals surface area (Å²) in [6, 6.07) is 19.6. The van der Waals surface area contributed by atoms with Crippen molar-refractivity contribution in [2.75, 3.05) is 11.1 Å². The number of carbonyl (C=O) groups excluding carboxylic acids is 1. The molecule has 0 saturated heterocycles. The predicted octanol–water partition coefficient (Wildman–Crippen LogP) is 4.32. The van der Waals surface area contributed by atoms with E-state index in [1.165, 1.54) is 35.4 Å². The van der Waals surface area contributed by atoms with Crippen molar-refractivity contribution in [3.8, 4) is 11.1 Å². The van der Waals surface area contributed by atoms with E-state index in [9.17, 15) is 13.2 Å². The lowest BCUT2D eigenvalue weighted by atomic mass is 10.1. The second kappa shape index (κ2) is 6.83. The van der Waals surface area contributed by atoms with E-state index in [1.54, 1.807) is 6.07 Å². The number of halogens is 1. The zero-order chi connectivity index (χ0) is 19.0. The van der Waals surface area contributed by atoms with Crippen molar-refractivity contribution in [1.82, 2.24) is 0 Å². The molecule has 0 aromatic heterocycles. The van der Waals surface area contributed by atoms with E-state index in [0.29, 0.717) is 10.7 Å². The standard InChI is InChI=1S/C21H16ClNO3S/c22-16-5-8-18(9-6-16)27(25,26)13-21(24)23-17-7-10-20-15(12-17)11-14-3-1-2-4-19(14)20/h1-10,12H,11,13H2,(H,23,24). The van der Waals surface area contributed by atoms with Gasteiger partial charge < -0.3 is 5.32 Å². The number of anilines is 1. The van der Waals surface area contributed by atoms with E-state index in [-0.39, 0.29) is 4.90 Å². The Hall–Kier alpha value is -2.63. The van der Waals surface area contributed by atoms with E-state index < -0.39 is 21.5 Å². The third kappa shape index (κ3) is 3.61. The van der Waals surface area contributed by atoms with Gasteiger partial charge in [-0.05, 0) is 65.1 Å². The Morgan fingerprint density at radius 3 is 2.41 bits per heavy atom. The average molecular weight is 398 g/mol. The molecule has 6 heteroatoms. The minimum atomic E-state index is -3.72. The van der Waals surface area contributed by atoms with Crippen LogP contribution in [0.3, 0.4) is 0 Å². The molecule has 0 fully saturated rings. The molecular weight excluding hydrogens is 382 g/mol. The van der Waals surface area contributed by atoms with Crippen molar-refractivity contribution in [2.24, 2.45) is 0 Å². The Balaban J connectivity index is 1.49. The summed E-state index contributed by atoms with van der Waals surface area (Å²) in [6.07, 6.45) is 0.804. The summed E-state index contributed by atoms with van der Waals surface area (Å²) in [5, 5.41) is 3.13. The van der Waals surface area contributed by atoms with E-state index in [0.717, 1.165) is 17.5 Å². The Morgan fingerprint density at radius 1 is 0.926 bits per heavy atom. The van der Waals surface area contributed by atoms with Crippen molar-refractivity contribution in [3.05, 3.63) is 82.9 Å². The fourth-order valence-electron chi connectivity index (χ4n) is 3.32. The third-order valence-corrected chi connectivity index (χ3v) is 6.46. The number of hydrogen-bond donors (Lipinski definition) is 1. The Morgan fingerprint density at radius 2 is 1.63 bits per heavy atom. The van der Waals surface area contributed by atoms with Gasteiger partial charge in [0.2, 0.25) is 5.91 Å². The van der Waals surface area contributed by atoms with Crippen LogP contribution in [0.2, 0.25) is 5.02 Å². The minimum absolute atomic E-state index is 0.0754. The van der Waals surface area contributed by atoms with Crippen molar-refractivity contribution in [3.63, 3.8) is 0 Å². The molecule has 0 radical (unpaired) electrons. The van der Waals surface area contributed by atoms with Crippen molar-refractivity contribution >= 4 is 33.0 Å². The van der Waals surface area contributed by atoms with Crippen LogP contribution in [0, 0.1) is 0 Å². The molecule has 4 nitrogen and oxygen atoms in total. The lowest BCUT2D eigenvalue weighted by Crippen LogP contribution is -2.23. The maximum Gasteiger partial charge on any atom is 0.239 e. The van der Waals surface area contributed by atoms with Crippen LogP contribution in [0.15, 0.2) is 71.6 Å². The van der Waals surface area contributed by atoms with E-state index in [1.807, 2.05) is 24.3 Å². The van der Waals surface area contributed by atoms with E-state index in [2.05, 4.69) is 17.4 Å². The molecule has 136 valence electrons. The van der Waals surface area contributed by atoms with Gasteiger partial charge in [-0.2, -0.15) is 0 Å². The monoisotopic (exact) mass is 397 g/mol. The van der Waals surface area contributed by atoms with Gasteiger partial charge in [-0.25, -0.2) is 8.42 Å². The van der Waals surface area contributed by atoms with Gasteiger partial charge in [0.1, 0.15) is 5.75 Å². The molecule has 0 bridgehead atoms. The number of nitrogens with one attached hydrogen (secondary N) is 1. The number of carbonyl (C=O) groups is 1. The first-order valence-corrected chi connectivity index (χ1v) is 10.4. The van der Waals surface area contributed by atoms with Gasteiger partial charge in [0.25, 0.3) is 0 Å². The molecule has 1 N–H and O–H groups in total. The smallest absolute Gasteiger partial charge is 0.239 e. The highest BCUT2D eigenvalue weighted by molar-refractivity contribution is 7.92. The summed E-state index contributed by atoms with van der Waals surface area (Å²) >= 11 is 5.78. The number of benzene rings is 3. The molecule has 3 aromatic rings. The number of fused-ring (bicyclic) bond motifs is 3. The lowest BCUT2D eigenvalue weighted by molar-refractivity contribution is -0.113. The zero-order valence-electron chi connectivity index (χ0n) is 14.3. The Bertz CT molecular complexity index is 1140. The van der Waals surface area contributed by atoms with Crippen molar-refractivity contribution in [1.29, 1.82) is 0 Å². The quantitative estimate of drug-likeness (QED) is 0.557. The molecule has 0 aliphatic heterocycles. The van der Waals surface area contributed by atoms with E-state index >= 15 is 0 Å². The van der Waals surface area contributed by atoms with Gasteiger partial charge in [-0.1, -0.05) is 41.9 Å². The molecule has 0 heterocycles. The van der Waals surface area contributed by atoms with Gasteiger partial charge in [0.05, 0.1) is 4.90 Å². The second-order valence-electron chi connectivity index (χ2n) is 6.47. The summed E-state index contributed by atoms with van der Waals surface area (Å²) < 4.78 is 24.8. The average Bonchev–Trinajstić information content (AvgIpc) is 2.99. The fourth-order valence-corrected chi connectivity index (χ4v) is 4.58. The van der Waals surface area contributed by atoms with Gasteiger partial charge in [-0.15, -0.1) is 0 Å². The molecule has 1 aliphatic carbocycles.